The first-order valence-corrected chi connectivity index (χ1v) is 11.8. The van der Waals surface area contributed by atoms with Crippen molar-refractivity contribution >= 4 is 15.9 Å². The highest BCUT2D eigenvalue weighted by molar-refractivity contribution is 7.88. The maximum Gasteiger partial charge on any atom is 0.253 e. The Hall–Kier alpha value is -3.68. The first kappa shape index (κ1) is 21.5. The number of nitrogens with zero attached hydrogens (tertiary/aromatic N) is 4. The highest BCUT2D eigenvalue weighted by Crippen LogP contribution is 2.32. The number of piperazine rings is 1. The van der Waals surface area contributed by atoms with Gasteiger partial charge < -0.3 is 9.64 Å². The second kappa shape index (κ2) is 8.82. The molecule has 0 radical (unpaired) electrons. The van der Waals surface area contributed by atoms with Gasteiger partial charge in [0.05, 0.1) is 24.1 Å². The van der Waals surface area contributed by atoms with Gasteiger partial charge in [-0.15, -0.1) is 0 Å². The summed E-state index contributed by atoms with van der Waals surface area (Å²) in [5.74, 6) is 0.887. The number of carbonyl (C=O) groups excluding carboxylic acids is 1. The van der Waals surface area contributed by atoms with Gasteiger partial charge in [-0.3, -0.25) is 9.89 Å². The molecule has 32 heavy (non-hydrogen) atoms. The highest BCUT2D eigenvalue weighted by Gasteiger charge is 2.26. The number of amides is 1. The number of H-pyrrole nitrogens is 1. The van der Waals surface area contributed by atoms with E-state index in [-0.39, 0.29) is 19.0 Å². The Morgan fingerprint density at radius 1 is 1.12 bits per heavy atom. The van der Waals surface area contributed by atoms with Gasteiger partial charge in [0.2, 0.25) is 10.0 Å². The van der Waals surface area contributed by atoms with Crippen LogP contribution in [0.2, 0.25) is 0 Å². The van der Waals surface area contributed by atoms with E-state index < -0.39 is 10.0 Å². The molecule has 0 atom stereocenters. The minimum atomic E-state index is -3.26. The van der Waals surface area contributed by atoms with Gasteiger partial charge in [0.1, 0.15) is 11.4 Å². The number of nitriles is 1. The third-order valence-electron chi connectivity index (χ3n) is 5.21. The van der Waals surface area contributed by atoms with Gasteiger partial charge in [-0.05, 0) is 36.4 Å². The van der Waals surface area contributed by atoms with Gasteiger partial charge >= 0.3 is 0 Å². The molecule has 0 unspecified atom stereocenters. The topological polar surface area (TPSA) is 119 Å². The van der Waals surface area contributed by atoms with Crippen molar-refractivity contribution in [1.29, 1.82) is 5.26 Å². The summed E-state index contributed by atoms with van der Waals surface area (Å²) in [6.07, 6.45) is 2.72. The number of aromatic nitrogens is 2. The van der Waals surface area contributed by atoms with Crippen molar-refractivity contribution in [2.24, 2.45) is 0 Å². The number of rotatable bonds is 5. The van der Waals surface area contributed by atoms with E-state index in [2.05, 4.69) is 16.3 Å². The van der Waals surface area contributed by atoms with Crippen LogP contribution in [0.3, 0.4) is 0 Å². The molecule has 1 fully saturated rings. The molecule has 1 amide bonds. The quantitative estimate of drug-likeness (QED) is 0.636. The number of nitrogens with one attached hydrogen (secondary N) is 1. The molecule has 0 aliphatic carbocycles. The van der Waals surface area contributed by atoms with Gasteiger partial charge in [0.15, 0.2) is 5.75 Å². The van der Waals surface area contributed by atoms with Crippen molar-refractivity contribution in [2.75, 3.05) is 32.4 Å². The zero-order valence-electron chi connectivity index (χ0n) is 17.4. The van der Waals surface area contributed by atoms with Crippen molar-refractivity contribution in [3.05, 3.63) is 65.9 Å². The number of hydrogen-bond acceptors (Lipinski definition) is 6. The maximum absolute atomic E-state index is 13.0. The Morgan fingerprint density at radius 2 is 1.84 bits per heavy atom. The largest absolute Gasteiger partial charge is 0.453 e. The van der Waals surface area contributed by atoms with Gasteiger partial charge in [-0.1, -0.05) is 12.1 Å². The van der Waals surface area contributed by atoms with Crippen LogP contribution in [0.5, 0.6) is 11.5 Å². The first-order chi connectivity index (χ1) is 15.3. The van der Waals surface area contributed by atoms with Crippen molar-refractivity contribution in [3.8, 4) is 28.8 Å². The first-order valence-electron chi connectivity index (χ1n) is 9.91. The smallest absolute Gasteiger partial charge is 0.253 e. The van der Waals surface area contributed by atoms with Crippen LogP contribution < -0.4 is 4.74 Å². The number of hydrogen-bond donors (Lipinski definition) is 1. The van der Waals surface area contributed by atoms with E-state index >= 15 is 0 Å². The fraction of sp³-hybridized carbons (Fsp3) is 0.227. The fourth-order valence-electron chi connectivity index (χ4n) is 3.50. The zero-order chi connectivity index (χ0) is 22.7. The van der Waals surface area contributed by atoms with Gasteiger partial charge in [-0.2, -0.15) is 14.7 Å². The van der Waals surface area contributed by atoms with E-state index in [0.29, 0.717) is 41.4 Å². The molecular weight excluding hydrogens is 430 g/mol. The van der Waals surface area contributed by atoms with Crippen LogP contribution in [0.1, 0.15) is 15.9 Å². The molecule has 1 aromatic heterocycles. The number of ether oxygens (including phenoxy) is 1. The van der Waals surface area contributed by atoms with Crippen LogP contribution in [0.15, 0.2) is 54.7 Å². The summed E-state index contributed by atoms with van der Waals surface area (Å²) in [6.45, 7) is 1.25. The van der Waals surface area contributed by atoms with Gasteiger partial charge in [-0.25, -0.2) is 8.42 Å². The van der Waals surface area contributed by atoms with Crippen molar-refractivity contribution in [3.63, 3.8) is 0 Å². The van der Waals surface area contributed by atoms with Crippen molar-refractivity contribution in [1.82, 2.24) is 19.4 Å². The average Bonchev–Trinajstić information content (AvgIpc) is 3.27. The minimum Gasteiger partial charge on any atom is -0.453 e. The van der Waals surface area contributed by atoms with Crippen LogP contribution in [0.4, 0.5) is 0 Å². The molecule has 1 aliphatic heterocycles. The number of carbonyl (C=O) groups is 1. The van der Waals surface area contributed by atoms with E-state index in [1.165, 1.54) is 10.6 Å². The molecule has 2 aromatic carbocycles. The van der Waals surface area contributed by atoms with Gasteiger partial charge in [0.25, 0.3) is 5.91 Å². The van der Waals surface area contributed by atoms with Crippen molar-refractivity contribution in [2.45, 2.75) is 0 Å². The monoisotopic (exact) mass is 451 g/mol. The van der Waals surface area contributed by atoms with Gasteiger partial charge in [0, 0.05) is 37.3 Å². The maximum atomic E-state index is 13.0. The lowest BCUT2D eigenvalue weighted by molar-refractivity contribution is 0.0698. The summed E-state index contributed by atoms with van der Waals surface area (Å²) >= 11 is 0. The summed E-state index contributed by atoms with van der Waals surface area (Å²) < 4.78 is 30.7. The normalized spacial score (nSPS) is 14.7. The minimum absolute atomic E-state index is 0.158. The summed E-state index contributed by atoms with van der Waals surface area (Å²) in [6, 6.07) is 15.9. The highest BCUT2D eigenvalue weighted by atomic mass is 32.2. The lowest BCUT2D eigenvalue weighted by atomic mass is 10.1. The molecule has 0 spiro atoms. The standard InChI is InChI=1S/C22H21N5O4S/c1-32(29,30)27-11-9-26(10-12-27)22(28)18-4-2-3-17(13-18)21-20(15-24-25-21)31-19-7-5-16(14-23)6-8-19/h2-8,13,15H,9-12H2,1H3,(H,24,25). The van der Waals surface area contributed by atoms with Crippen LogP contribution >= 0.6 is 0 Å². The SMILES string of the molecule is CS(=O)(=O)N1CCN(C(=O)c2cccc(-c3[nH]ncc3Oc3ccc(C#N)cc3)c2)CC1. The lowest BCUT2D eigenvalue weighted by Crippen LogP contribution is -2.50. The van der Waals surface area contributed by atoms with Crippen LogP contribution in [-0.2, 0) is 10.0 Å². The molecule has 164 valence electrons. The molecule has 1 saturated heterocycles. The summed E-state index contributed by atoms with van der Waals surface area (Å²) in [7, 11) is -3.26. The van der Waals surface area contributed by atoms with E-state index in [1.807, 2.05) is 6.07 Å². The zero-order valence-corrected chi connectivity index (χ0v) is 18.2. The molecule has 0 saturated carbocycles. The second-order valence-corrected chi connectivity index (χ2v) is 9.36. The molecule has 10 heteroatoms. The van der Waals surface area contributed by atoms with E-state index in [9.17, 15) is 13.2 Å². The van der Waals surface area contributed by atoms with E-state index in [1.54, 1.807) is 53.6 Å². The summed E-state index contributed by atoms with van der Waals surface area (Å²) in [4.78, 5) is 14.6. The Morgan fingerprint density at radius 3 is 2.50 bits per heavy atom. The number of aromatic amines is 1. The third kappa shape index (κ3) is 4.64. The predicted molar refractivity (Wildman–Crippen MR) is 118 cm³/mol. The van der Waals surface area contributed by atoms with Crippen LogP contribution in [0, 0.1) is 11.3 Å². The number of benzene rings is 2. The average molecular weight is 452 g/mol. The predicted octanol–water partition coefficient (Wildman–Crippen LogP) is 2.46. The molecule has 9 nitrogen and oxygen atoms in total. The fourth-order valence-corrected chi connectivity index (χ4v) is 4.32. The summed E-state index contributed by atoms with van der Waals surface area (Å²) in [5.41, 5.74) is 2.38. The molecule has 3 aromatic rings. The Kier molecular flexibility index (Phi) is 5.94. The van der Waals surface area contributed by atoms with E-state index in [4.69, 9.17) is 10.00 Å². The van der Waals surface area contributed by atoms with E-state index in [0.717, 1.165) is 5.56 Å². The number of sulfonamides is 1. The van der Waals surface area contributed by atoms with Crippen LogP contribution in [-0.4, -0.2) is 66.2 Å². The lowest BCUT2D eigenvalue weighted by Gasteiger charge is -2.33. The summed E-state index contributed by atoms with van der Waals surface area (Å²) in [5, 5.41) is 15.9. The molecule has 1 aliphatic rings. The Bertz CT molecular complexity index is 1270. The molecule has 4 rings (SSSR count). The third-order valence-corrected chi connectivity index (χ3v) is 6.51. The molecular formula is C22H21N5O4S. The second-order valence-electron chi connectivity index (χ2n) is 7.38. The molecule has 2 heterocycles. The van der Waals surface area contributed by atoms with Crippen LogP contribution in [0.25, 0.3) is 11.3 Å². The molecule has 0 bridgehead atoms. The Labute approximate surface area is 185 Å². The Balaban J connectivity index is 1.51. The molecule has 1 N–H and O–H groups in total. The van der Waals surface area contributed by atoms with Crippen molar-refractivity contribution < 1.29 is 17.9 Å².